The molecule has 6 nitrogen and oxygen atoms in total. The molecule has 2 aromatic rings. The Morgan fingerprint density at radius 3 is 2.45 bits per heavy atom. The summed E-state index contributed by atoms with van der Waals surface area (Å²) >= 11 is 0. The van der Waals surface area contributed by atoms with Gasteiger partial charge in [0.05, 0.1) is 23.4 Å². The Bertz CT molecular complexity index is 1100. The summed E-state index contributed by atoms with van der Waals surface area (Å²) in [7, 11) is -2.74. The molecule has 2 saturated carbocycles. The van der Waals surface area contributed by atoms with Gasteiger partial charge in [0.2, 0.25) is 0 Å². The third-order valence-electron chi connectivity index (χ3n) is 8.30. The largest absolute Gasteiger partial charge is 0.300 e. The van der Waals surface area contributed by atoms with E-state index >= 15 is 0 Å². The summed E-state index contributed by atoms with van der Waals surface area (Å²) < 4.78 is 39.0. The Kier molecular flexibility index (Phi) is 4.39. The number of hydrogen-bond acceptors (Lipinski definition) is 5. The van der Waals surface area contributed by atoms with Crippen LogP contribution in [0.25, 0.3) is 11.3 Å². The summed E-state index contributed by atoms with van der Waals surface area (Å²) in [6.07, 6.45) is 7.43. The molecule has 0 N–H and O–H groups in total. The second kappa shape index (κ2) is 6.85. The van der Waals surface area contributed by atoms with Gasteiger partial charge in [0, 0.05) is 41.4 Å². The van der Waals surface area contributed by atoms with Crippen molar-refractivity contribution < 1.29 is 12.8 Å². The number of likely N-dealkylation sites (tertiary alicyclic amines) is 1. The lowest BCUT2D eigenvalue weighted by Gasteiger charge is -2.48. The number of pyridine rings is 1. The zero-order valence-electron chi connectivity index (χ0n) is 17.9. The molecule has 4 fully saturated rings. The molecule has 0 radical (unpaired) electrons. The van der Waals surface area contributed by atoms with Crippen LogP contribution in [-0.4, -0.2) is 58.7 Å². The Labute approximate surface area is 182 Å². The Hall–Kier alpha value is -1.80. The molecule has 2 aliphatic heterocycles. The van der Waals surface area contributed by atoms with Crippen molar-refractivity contribution >= 4 is 9.84 Å². The number of nitrogens with zero attached hydrogens (tertiary/aromatic N) is 4. The SMILES string of the molecule is CCn1nc(-c2cncc(F)c2)cc1C1[C@H]2CC(N3CCC4(CC3)CS(=O)(=O)C4)C[C@@H]12. The van der Waals surface area contributed by atoms with Crippen molar-refractivity contribution in [2.75, 3.05) is 24.6 Å². The number of fused-ring (bicyclic) bond motifs is 1. The molecule has 4 aliphatic rings. The Morgan fingerprint density at radius 2 is 1.84 bits per heavy atom. The van der Waals surface area contributed by atoms with E-state index in [0.29, 0.717) is 35.3 Å². The third-order valence-corrected chi connectivity index (χ3v) is 10.4. The van der Waals surface area contributed by atoms with Crippen LogP contribution in [0.4, 0.5) is 4.39 Å². The van der Waals surface area contributed by atoms with Crippen molar-refractivity contribution in [2.45, 2.75) is 51.1 Å². The second-order valence-electron chi connectivity index (χ2n) is 10.2. The van der Waals surface area contributed by atoms with Gasteiger partial charge in [-0.25, -0.2) is 12.8 Å². The predicted octanol–water partition coefficient (Wildman–Crippen LogP) is 3.11. The first-order valence-electron chi connectivity index (χ1n) is 11.5. The van der Waals surface area contributed by atoms with Crippen LogP contribution in [0.1, 0.15) is 44.2 Å². The molecular weight excluding hydrogens is 415 g/mol. The topological polar surface area (TPSA) is 68.1 Å². The molecule has 0 aromatic carbocycles. The van der Waals surface area contributed by atoms with Crippen LogP contribution in [0, 0.1) is 23.1 Å². The zero-order chi connectivity index (χ0) is 21.4. The van der Waals surface area contributed by atoms with Gasteiger partial charge in [-0.1, -0.05) is 0 Å². The van der Waals surface area contributed by atoms with Gasteiger partial charge in [0.1, 0.15) is 5.82 Å². The van der Waals surface area contributed by atoms with E-state index in [0.717, 1.165) is 43.7 Å². The van der Waals surface area contributed by atoms with Crippen LogP contribution in [0.3, 0.4) is 0 Å². The maximum atomic E-state index is 13.6. The standard InChI is InChI=1S/C23H29FN4O2S/c1-2-28-21(10-20(26-28)15-7-16(24)12-25-11-15)22-18-8-17(9-19(18)22)27-5-3-23(4-6-27)13-31(29,30)14-23/h7,10-12,17-19,22H,2-6,8-9,13-14H2,1H3/t17?,18-,19+,22?. The minimum absolute atomic E-state index is 0.0924. The van der Waals surface area contributed by atoms with Crippen LogP contribution in [0.15, 0.2) is 24.5 Å². The van der Waals surface area contributed by atoms with Crippen LogP contribution in [-0.2, 0) is 16.4 Å². The summed E-state index contributed by atoms with van der Waals surface area (Å²) in [4.78, 5) is 6.60. The van der Waals surface area contributed by atoms with Gasteiger partial charge in [-0.15, -0.1) is 0 Å². The number of hydrogen-bond donors (Lipinski definition) is 0. The molecule has 166 valence electrons. The van der Waals surface area contributed by atoms with Gasteiger partial charge in [-0.3, -0.25) is 9.67 Å². The number of halogens is 1. The molecule has 2 aliphatic carbocycles. The van der Waals surface area contributed by atoms with Gasteiger partial charge in [0.25, 0.3) is 0 Å². The van der Waals surface area contributed by atoms with Crippen molar-refractivity contribution in [1.82, 2.24) is 19.7 Å². The third kappa shape index (κ3) is 3.33. The van der Waals surface area contributed by atoms with Crippen LogP contribution in [0.5, 0.6) is 0 Å². The lowest BCUT2D eigenvalue weighted by molar-refractivity contribution is 0.0852. The maximum absolute atomic E-state index is 13.6. The van der Waals surface area contributed by atoms with E-state index < -0.39 is 9.84 Å². The molecule has 6 rings (SSSR count). The quantitative estimate of drug-likeness (QED) is 0.725. The Balaban J connectivity index is 1.11. The van der Waals surface area contributed by atoms with Crippen LogP contribution >= 0.6 is 0 Å². The first-order chi connectivity index (χ1) is 14.9. The highest BCUT2D eigenvalue weighted by atomic mass is 32.2. The summed E-state index contributed by atoms with van der Waals surface area (Å²) in [5.41, 5.74) is 2.92. The van der Waals surface area contributed by atoms with Crippen molar-refractivity contribution in [2.24, 2.45) is 17.3 Å². The summed E-state index contributed by atoms with van der Waals surface area (Å²) in [5, 5.41) is 4.73. The van der Waals surface area contributed by atoms with E-state index in [1.807, 2.05) is 0 Å². The predicted molar refractivity (Wildman–Crippen MR) is 116 cm³/mol. The van der Waals surface area contributed by atoms with E-state index in [4.69, 9.17) is 5.10 Å². The second-order valence-corrected chi connectivity index (χ2v) is 12.3. The summed E-state index contributed by atoms with van der Waals surface area (Å²) in [6.45, 7) is 5.02. The molecule has 4 heterocycles. The molecule has 1 spiro atoms. The molecular formula is C23H29FN4O2S. The van der Waals surface area contributed by atoms with E-state index in [9.17, 15) is 12.8 Å². The molecule has 4 atom stereocenters. The number of piperidine rings is 1. The Morgan fingerprint density at radius 1 is 1.13 bits per heavy atom. The fourth-order valence-corrected chi connectivity index (χ4v) is 9.10. The lowest BCUT2D eigenvalue weighted by atomic mass is 9.80. The number of sulfone groups is 1. The highest BCUT2D eigenvalue weighted by molar-refractivity contribution is 7.92. The normalized spacial score (nSPS) is 33.2. The molecule has 2 saturated heterocycles. The van der Waals surface area contributed by atoms with Gasteiger partial charge < -0.3 is 4.90 Å². The molecule has 0 amide bonds. The number of rotatable bonds is 4. The minimum atomic E-state index is -2.74. The molecule has 31 heavy (non-hydrogen) atoms. The van der Waals surface area contributed by atoms with Crippen molar-refractivity contribution in [1.29, 1.82) is 0 Å². The van der Waals surface area contributed by atoms with Crippen molar-refractivity contribution in [3.05, 3.63) is 36.0 Å². The van der Waals surface area contributed by atoms with Gasteiger partial charge >= 0.3 is 0 Å². The number of aryl methyl sites for hydroxylation is 1. The van der Waals surface area contributed by atoms with Gasteiger partial charge in [-0.05, 0) is 69.7 Å². The van der Waals surface area contributed by atoms with Crippen molar-refractivity contribution in [3.8, 4) is 11.3 Å². The van der Waals surface area contributed by atoms with Gasteiger partial charge in [0.15, 0.2) is 9.84 Å². The van der Waals surface area contributed by atoms with E-state index in [-0.39, 0.29) is 11.2 Å². The van der Waals surface area contributed by atoms with E-state index in [1.165, 1.54) is 30.8 Å². The average molecular weight is 445 g/mol. The monoisotopic (exact) mass is 444 g/mol. The van der Waals surface area contributed by atoms with Crippen molar-refractivity contribution in [3.63, 3.8) is 0 Å². The molecule has 2 aromatic heterocycles. The summed E-state index contributed by atoms with van der Waals surface area (Å²) in [5.74, 6) is 2.48. The average Bonchev–Trinajstić information content (AvgIpc) is 3.07. The highest BCUT2D eigenvalue weighted by Crippen LogP contribution is 2.64. The molecule has 0 bridgehead atoms. The number of aromatic nitrogens is 3. The van der Waals surface area contributed by atoms with E-state index in [2.05, 4.69) is 27.6 Å². The van der Waals surface area contributed by atoms with E-state index in [1.54, 1.807) is 6.20 Å². The minimum Gasteiger partial charge on any atom is -0.300 e. The first kappa shape index (κ1) is 19.9. The van der Waals surface area contributed by atoms with Crippen LogP contribution in [0.2, 0.25) is 0 Å². The molecule has 8 heteroatoms. The summed E-state index contributed by atoms with van der Waals surface area (Å²) in [6, 6.07) is 4.28. The molecule has 2 unspecified atom stereocenters. The van der Waals surface area contributed by atoms with Gasteiger partial charge in [-0.2, -0.15) is 5.10 Å². The first-order valence-corrected chi connectivity index (χ1v) is 13.3. The fourth-order valence-electron chi connectivity index (χ4n) is 6.74. The van der Waals surface area contributed by atoms with Crippen LogP contribution < -0.4 is 0 Å². The fraction of sp³-hybridized carbons (Fsp3) is 0.652. The maximum Gasteiger partial charge on any atom is 0.151 e. The smallest absolute Gasteiger partial charge is 0.151 e. The lowest BCUT2D eigenvalue weighted by Crippen LogP contribution is -2.55. The zero-order valence-corrected chi connectivity index (χ0v) is 18.7. The highest BCUT2D eigenvalue weighted by Gasteiger charge is 2.59.